The molecule has 0 aliphatic carbocycles. The molecule has 0 aliphatic rings. The average molecular weight is 466 g/mol. The van der Waals surface area contributed by atoms with Crippen LogP contribution in [0.5, 0.6) is 11.5 Å². The molecule has 0 unspecified atom stereocenters. The van der Waals surface area contributed by atoms with E-state index in [4.69, 9.17) is 18.6 Å². The molecule has 34 heavy (non-hydrogen) atoms. The van der Waals surface area contributed by atoms with Crippen LogP contribution in [0.2, 0.25) is 0 Å². The van der Waals surface area contributed by atoms with Crippen LogP contribution in [0.1, 0.15) is 45.2 Å². The van der Waals surface area contributed by atoms with Crippen LogP contribution < -0.4 is 14.8 Å². The van der Waals surface area contributed by atoms with Gasteiger partial charge in [-0.1, -0.05) is 12.1 Å². The molecule has 6 nitrogen and oxygen atoms in total. The van der Waals surface area contributed by atoms with Crippen molar-refractivity contribution in [2.45, 2.75) is 41.0 Å². The molecule has 0 bridgehead atoms. The Morgan fingerprint density at radius 2 is 1.79 bits per heavy atom. The fourth-order valence-corrected chi connectivity index (χ4v) is 3.92. The highest BCUT2D eigenvalue weighted by Crippen LogP contribution is 2.41. The smallest absolute Gasteiger partial charge is 0.244 e. The van der Waals surface area contributed by atoms with Crippen molar-refractivity contribution in [3.63, 3.8) is 0 Å². The number of benzene rings is 2. The molecule has 182 valence electrons. The number of carbonyl (C=O) groups is 1. The van der Waals surface area contributed by atoms with E-state index in [1.54, 1.807) is 12.3 Å². The number of rotatable bonds is 12. The molecule has 3 rings (SSSR count). The van der Waals surface area contributed by atoms with Gasteiger partial charge in [-0.3, -0.25) is 4.79 Å². The fraction of sp³-hybridized carbons (Fsp3) is 0.393. The molecule has 0 fully saturated rings. The normalized spacial score (nSPS) is 11.6. The summed E-state index contributed by atoms with van der Waals surface area (Å²) in [4.78, 5) is 12.5. The van der Waals surface area contributed by atoms with E-state index < -0.39 is 0 Å². The molecule has 1 amide bonds. The van der Waals surface area contributed by atoms with E-state index >= 15 is 0 Å². The quantitative estimate of drug-likeness (QED) is 0.257. The molecule has 1 N–H and O–H groups in total. The van der Waals surface area contributed by atoms with Crippen molar-refractivity contribution < 1.29 is 23.4 Å². The molecule has 3 aromatic rings. The molecule has 2 aromatic carbocycles. The maximum atomic E-state index is 12.5. The van der Waals surface area contributed by atoms with Crippen molar-refractivity contribution in [3.8, 4) is 22.6 Å². The molecule has 0 aliphatic heterocycles. The SMILES string of the molecule is CCOCCCNC(=O)/C=C(\C)c1cc2c(-c3ccc(OCC)cc3)coc2c(C)c1OCC. The number of hydrogen-bond acceptors (Lipinski definition) is 5. The second-order valence-corrected chi connectivity index (χ2v) is 7.96. The van der Waals surface area contributed by atoms with E-state index in [9.17, 15) is 4.79 Å². The van der Waals surface area contributed by atoms with Crippen LogP contribution in [0, 0.1) is 6.92 Å². The predicted molar refractivity (Wildman–Crippen MR) is 136 cm³/mol. The maximum Gasteiger partial charge on any atom is 0.244 e. The van der Waals surface area contributed by atoms with Gasteiger partial charge in [0.25, 0.3) is 0 Å². The third-order valence-electron chi connectivity index (χ3n) is 5.55. The Balaban J connectivity index is 1.95. The Kier molecular flexibility index (Phi) is 9.16. The summed E-state index contributed by atoms with van der Waals surface area (Å²) in [5.41, 5.74) is 5.42. The summed E-state index contributed by atoms with van der Waals surface area (Å²) in [6, 6.07) is 10.0. The van der Waals surface area contributed by atoms with E-state index in [0.717, 1.165) is 56.7 Å². The number of furan rings is 1. The highest BCUT2D eigenvalue weighted by molar-refractivity contribution is 6.01. The van der Waals surface area contributed by atoms with Crippen LogP contribution in [-0.4, -0.2) is 38.9 Å². The van der Waals surface area contributed by atoms with Gasteiger partial charge in [0, 0.05) is 47.9 Å². The van der Waals surface area contributed by atoms with Gasteiger partial charge in [-0.25, -0.2) is 0 Å². The minimum Gasteiger partial charge on any atom is -0.494 e. The van der Waals surface area contributed by atoms with Crippen LogP contribution in [0.15, 0.2) is 47.1 Å². The lowest BCUT2D eigenvalue weighted by Gasteiger charge is -2.15. The lowest BCUT2D eigenvalue weighted by Crippen LogP contribution is -2.23. The van der Waals surface area contributed by atoms with Gasteiger partial charge in [0.1, 0.15) is 17.1 Å². The fourth-order valence-electron chi connectivity index (χ4n) is 3.92. The van der Waals surface area contributed by atoms with Crippen LogP contribution in [0.4, 0.5) is 0 Å². The third kappa shape index (κ3) is 6.00. The summed E-state index contributed by atoms with van der Waals surface area (Å²) >= 11 is 0. The first kappa shape index (κ1) is 25.4. The average Bonchev–Trinajstić information content (AvgIpc) is 3.25. The van der Waals surface area contributed by atoms with Crippen molar-refractivity contribution in [1.29, 1.82) is 0 Å². The van der Waals surface area contributed by atoms with Gasteiger partial charge in [0.05, 0.1) is 19.5 Å². The number of amides is 1. The standard InChI is InChI=1S/C28H35NO5/c1-6-31-15-9-14-29-26(30)16-19(4)23-17-24-25(21-10-12-22(13-11-21)32-7-2)18-34-28(24)20(5)27(23)33-8-3/h10-13,16-18H,6-9,14-15H2,1-5H3,(H,29,30)/b19-16+. The van der Waals surface area contributed by atoms with Crippen molar-refractivity contribution in [1.82, 2.24) is 5.32 Å². The first-order valence-electron chi connectivity index (χ1n) is 11.9. The lowest BCUT2D eigenvalue weighted by atomic mass is 9.96. The minimum atomic E-state index is -0.131. The molecule has 6 heteroatoms. The van der Waals surface area contributed by atoms with Gasteiger partial charge in [-0.15, -0.1) is 0 Å². The second-order valence-electron chi connectivity index (χ2n) is 7.96. The highest BCUT2D eigenvalue weighted by atomic mass is 16.5. The minimum absolute atomic E-state index is 0.131. The Morgan fingerprint density at radius 1 is 1.06 bits per heavy atom. The predicted octanol–water partition coefficient (Wildman–Crippen LogP) is 6.15. The van der Waals surface area contributed by atoms with Gasteiger partial charge < -0.3 is 23.9 Å². The van der Waals surface area contributed by atoms with Crippen LogP contribution in [0.25, 0.3) is 27.7 Å². The summed E-state index contributed by atoms with van der Waals surface area (Å²) in [6.45, 7) is 12.8. The van der Waals surface area contributed by atoms with Crippen molar-refractivity contribution in [2.75, 3.05) is 33.0 Å². The Bertz CT molecular complexity index is 1130. The summed E-state index contributed by atoms with van der Waals surface area (Å²) in [5, 5.41) is 3.90. The van der Waals surface area contributed by atoms with Gasteiger partial charge >= 0.3 is 0 Å². The highest BCUT2D eigenvalue weighted by Gasteiger charge is 2.19. The second kappa shape index (κ2) is 12.3. The first-order valence-corrected chi connectivity index (χ1v) is 11.9. The number of carbonyl (C=O) groups excluding carboxylic acids is 1. The molecular weight excluding hydrogens is 430 g/mol. The number of aryl methyl sites for hydroxylation is 1. The zero-order chi connectivity index (χ0) is 24.5. The summed E-state index contributed by atoms with van der Waals surface area (Å²) in [5.74, 6) is 1.44. The van der Waals surface area contributed by atoms with Gasteiger partial charge in [-0.2, -0.15) is 0 Å². The monoisotopic (exact) mass is 465 g/mol. The van der Waals surface area contributed by atoms with Crippen LogP contribution in [-0.2, 0) is 9.53 Å². The van der Waals surface area contributed by atoms with E-state index in [1.807, 2.05) is 58.9 Å². The van der Waals surface area contributed by atoms with Gasteiger partial charge in [0.2, 0.25) is 5.91 Å². The number of hydrogen-bond donors (Lipinski definition) is 1. The Labute approximate surface area is 201 Å². The molecule has 0 atom stereocenters. The largest absolute Gasteiger partial charge is 0.494 e. The van der Waals surface area contributed by atoms with Crippen molar-refractivity contribution >= 4 is 22.4 Å². The topological polar surface area (TPSA) is 69.9 Å². The molecule has 1 heterocycles. The number of fused-ring (bicyclic) bond motifs is 1. The summed E-state index contributed by atoms with van der Waals surface area (Å²) in [6.07, 6.45) is 4.18. The van der Waals surface area contributed by atoms with Crippen molar-refractivity contribution in [3.05, 3.63) is 53.8 Å². The number of allylic oxidation sites excluding steroid dienone is 1. The van der Waals surface area contributed by atoms with Gasteiger partial charge in [-0.05, 0) is 70.4 Å². The summed E-state index contributed by atoms with van der Waals surface area (Å²) in [7, 11) is 0. The summed E-state index contributed by atoms with van der Waals surface area (Å²) < 4.78 is 22.9. The Morgan fingerprint density at radius 3 is 2.47 bits per heavy atom. The first-order chi connectivity index (χ1) is 16.5. The van der Waals surface area contributed by atoms with E-state index in [0.29, 0.717) is 33.0 Å². The molecule has 0 saturated carbocycles. The zero-order valence-corrected chi connectivity index (χ0v) is 20.8. The van der Waals surface area contributed by atoms with E-state index in [1.165, 1.54) is 0 Å². The number of ether oxygens (including phenoxy) is 3. The van der Waals surface area contributed by atoms with Crippen LogP contribution >= 0.6 is 0 Å². The third-order valence-corrected chi connectivity index (χ3v) is 5.55. The number of nitrogens with one attached hydrogen (secondary N) is 1. The molecule has 0 saturated heterocycles. The molecule has 1 aromatic heterocycles. The molecule has 0 radical (unpaired) electrons. The maximum absolute atomic E-state index is 12.5. The van der Waals surface area contributed by atoms with Gasteiger partial charge in [0.15, 0.2) is 0 Å². The molecule has 0 spiro atoms. The lowest BCUT2D eigenvalue weighted by molar-refractivity contribution is -0.116. The van der Waals surface area contributed by atoms with E-state index in [2.05, 4.69) is 11.4 Å². The molecular formula is C28H35NO5. The van der Waals surface area contributed by atoms with Crippen molar-refractivity contribution in [2.24, 2.45) is 0 Å². The zero-order valence-electron chi connectivity index (χ0n) is 20.8. The Hall–Kier alpha value is -3.25. The van der Waals surface area contributed by atoms with E-state index in [-0.39, 0.29) is 5.91 Å². The van der Waals surface area contributed by atoms with Crippen LogP contribution in [0.3, 0.4) is 0 Å².